The van der Waals surface area contributed by atoms with Crippen LogP contribution in [0.4, 0.5) is 4.39 Å². The third-order valence-corrected chi connectivity index (χ3v) is 4.14. The van der Waals surface area contributed by atoms with Crippen LogP contribution < -0.4 is 5.32 Å². The normalized spacial score (nSPS) is 22.6. The lowest BCUT2D eigenvalue weighted by Crippen LogP contribution is -2.33. The van der Waals surface area contributed by atoms with E-state index in [1.54, 1.807) is 23.9 Å². The maximum atomic E-state index is 13.0. The Morgan fingerprint density at radius 2 is 2.05 bits per heavy atom. The molecule has 0 aliphatic carbocycles. The van der Waals surface area contributed by atoms with Gasteiger partial charge in [0.1, 0.15) is 12.0 Å². The molecule has 0 aromatic heterocycles. The zero-order valence-electron chi connectivity index (χ0n) is 11.9. The Hall–Kier alpha value is -1.07. The highest BCUT2D eigenvalue weighted by molar-refractivity contribution is 7.98. The fourth-order valence-electron chi connectivity index (χ4n) is 2.52. The van der Waals surface area contributed by atoms with E-state index in [1.807, 2.05) is 11.2 Å². The molecule has 1 heterocycles. The number of carbonyl (C=O) groups excluding carboxylic acids is 1. The molecule has 20 heavy (non-hydrogen) atoms. The Bertz CT molecular complexity index is 452. The summed E-state index contributed by atoms with van der Waals surface area (Å²) in [6.45, 7) is 2.79. The van der Waals surface area contributed by atoms with E-state index >= 15 is 0 Å². The number of nitrogens with zero attached hydrogens (tertiary/aromatic N) is 1. The van der Waals surface area contributed by atoms with Crippen LogP contribution in [0.15, 0.2) is 24.3 Å². The number of nitrogens with one attached hydrogen (secondary N) is 1. The minimum atomic E-state index is -0.251. The van der Waals surface area contributed by atoms with Crippen molar-refractivity contribution < 1.29 is 9.18 Å². The van der Waals surface area contributed by atoms with E-state index in [1.165, 1.54) is 12.1 Å². The summed E-state index contributed by atoms with van der Waals surface area (Å²) in [4.78, 5) is 14.3. The number of benzene rings is 1. The number of rotatable bonds is 6. The maximum absolute atomic E-state index is 13.0. The monoisotopic (exact) mass is 296 g/mol. The van der Waals surface area contributed by atoms with E-state index in [4.69, 9.17) is 0 Å². The summed E-state index contributed by atoms with van der Waals surface area (Å²) in [5.74, 6) is 0.818. The SMILES string of the molecule is CCCC1NC(c2ccc(F)cc2)N(CCSC)C1=O. The molecule has 1 aliphatic rings. The Morgan fingerprint density at radius 3 is 2.65 bits per heavy atom. The van der Waals surface area contributed by atoms with Crippen LogP contribution >= 0.6 is 11.8 Å². The highest BCUT2D eigenvalue weighted by Gasteiger charge is 2.38. The zero-order valence-corrected chi connectivity index (χ0v) is 12.8. The van der Waals surface area contributed by atoms with Gasteiger partial charge in [0, 0.05) is 12.3 Å². The molecule has 1 saturated heterocycles. The van der Waals surface area contributed by atoms with Crippen molar-refractivity contribution in [3.8, 4) is 0 Å². The van der Waals surface area contributed by atoms with Crippen LogP contribution in [0.2, 0.25) is 0 Å². The van der Waals surface area contributed by atoms with Gasteiger partial charge in [0.15, 0.2) is 0 Å². The molecule has 2 atom stereocenters. The van der Waals surface area contributed by atoms with Gasteiger partial charge in [-0.3, -0.25) is 10.1 Å². The van der Waals surface area contributed by atoms with Gasteiger partial charge in [0.05, 0.1) is 6.04 Å². The second-order valence-corrected chi connectivity index (χ2v) is 5.97. The van der Waals surface area contributed by atoms with E-state index in [9.17, 15) is 9.18 Å². The molecule has 1 fully saturated rings. The smallest absolute Gasteiger partial charge is 0.241 e. The number of hydrogen-bond donors (Lipinski definition) is 1. The van der Waals surface area contributed by atoms with Crippen LogP contribution in [0.25, 0.3) is 0 Å². The third-order valence-electron chi connectivity index (χ3n) is 3.55. The first-order valence-corrected chi connectivity index (χ1v) is 8.37. The molecule has 2 rings (SSSR count). The molecule has 0 radical (unpaired) electrons. The highest BCUT2D eigenvalue weighted by atomic mass is 32.2. The summed E-state index contributed by atoms with van der Waals surface area (Å²) in [6.07, 6.45) is 3.71. The summed E-state index contributed by atoms with van der Waals surface area (Å²) in [5.41, 5.74) is 0.944. The summed E-state index contributed by atoms with van der Waals surface area (Å²) < 4.78 is 13.0. The Balaban J connectivity index is 2.19. The molecule has 0 saturated carbocycles. The average Bonchev–Trinajstić information content (AvgIpc) is 2.75. The zero-order chi connectivity index (χ0) is 14.5. The lowest BCUT2D eigenvalue weighted by molar-refractivity contribution is -0.130. The minimum absolute atomic E-state index is 0.114. The van der Waals surface area contributed by atoms with E-state index in [2.05, 4.69) is 12.2 Å². The summed E-state index contributed by atoms with van der Waals surface area (Å²) in [6, 6.07) is 6.28. The Morgan fingerprint density at radius 1 is 1.35 bits per heavy atom. The average molecular weight is 296 g/mol. The van der Waals surface area contributed by atoms with E-state index in [-0.39, 0.29) is 23.9 Å². The molecule has 5 heteroatoms. The van der Waals surface area contributed by atoms with E-state index < -0.39 is 0 Å². The second kappa shape index (κ2) is 7.09. The largest absolute Gasteiger partial charge is 0.321 e. The molecule has 1 N–H and O–H groups in total. The molecule has 1 aromatic carbocycles. The van der Waals surface area contributed by atoms with Gasteiger partial charge in [-0.25, -0.2) is 4.39 Å². The molecular formula is C15H21FN2OS. The van der Waals surface area contributed by atoms with Gasteiger partial charge in [-0.05, 0) is 30.4 Å². The number of halogens is 1. The van der Waals surface area contributed by atoms with Gasteiger partial charge in [0.2, 0.25) is 5.91 Å². The van der Waals surface area contributed by atoms with E-state index in [0.29, 0.717) is 0 Å². The minimum Gasteiger partial charge on any atom is -0.321 e. The molecule has 0 spiro atoms. The topological polar surface area (TPSA) is 32.3 Å². The van der Waals surface area contributed by atoms with Gasteiger partial charge in [0.25, 0.3) is 0 Å². The van der Waals surface area contributed by atoms with Crippen molar-refractivity contribution in [3.63, 3.8) is 0 Å². The first-order chi connectivity index (χ1) is 9.67. The summed E-state index contributed by atoms with van der Waals surface area (Å²) in [5, 5.41) is 3.38. The van der Waals surface area contributed by atoms with Crippen molar-refractivity contribution in [2.75, 3.05) is 18.6 Å². The molecule has 1 amide bonds. The van der Waals surface area contributed by atoms with Crippen LogP contribution in [0, 0.1) is 5.82 Å². The molecule has 110 valence electrons. The van der Waals surface area contributed by atoms with Crippen molar-refractivity contribution in [1.82, 2.24) is 10.2 Å². The van der Waals surface area contributed by atoms with Crippen LogP contribution in [0.5, 0.6) is 0 Å². The van der Waals surface area contributed by atoms with Crippen molar-refractivity contribution in [3.05, 3.63) is 35.6 Å². The third kappa shape index (κ3) is 3.33. The Labute approximate surface area is 123 Å². The quantitative estimate of drug-likeness (QED) is 0.876. The van der Waals surface area contributed by atoms with Crippen molar-refractivity contribution >= 4 is 17.7 Å². The summed E-state index contributed by atoms with van der Waals surface area (Å²) in [7, 11) is 0. The van der Waals surface area contributed by atoms with Crippen molar-refractivity contribution in [1.29, 1.82) is 0 Å². The van der Waals surface area contributed by atoms with Crippen LogP contribution in [0.1, 0.15) is 31.5 Å². The van der Waals surface area contributed by atoms with Crippen molar-refractivity contribution in [2.45, 2.75) is 32.0 Å². The van der Waals surface area contributed by atoms with Crippen molar-refractivity contribution in [2.24, 2.45) is 0 Å². The number of hydrogen-bond acceptors (Lipinski definition) is 3. The molecular weight excluding hydrogens is 275 g/mol. The number of carbonyl (C=O) groups is 1. The lowest BCUT2D eigenvalue weighted by Gasteiger charge is -2.24. The van der Waals surface area contributed by atoms with Gasteiger partial charge < -0.3 is 4.90 Å². The molecule has 1 aliphatic heterocycles. The predicted molar refractivity (Wildman–Crippen MR) is 81.1 cm³/mol. The van der Waals surface area contributed by atoms with Crippen LogP contribution in [-0.4, -0.2) is 35.4 Å². The summed E-state index contributed by atoms with van der Waals surface area (Å²) >= 11 is 1.72. The second-order valence-electron chi connectivity index (χ2n) is 4.99. The van der Waals surface area contributed by atoms with Gasteiger partial charge in [-0.15, -0.1) is 0 Å². The molecule has 0 bridgehead atoms. The fourth-order valence-corrected chi connectivity index (χ4v) is 2.90. The number of thioether (sulfide) groups is 1. The maximum Gasteiger partial charge on any atom is 0.241 e. The number of amides is 1. The highest BCUT2D eigenvalue weighted by Crippen LogP contribution is 2.27. The van der Waals surface area contributed by atoms with Crippen LogP contribution in [-0.2, 0) is 4.79 Å². The van der Waals surface area contributed by atoms with Gasteiger partial charge >= 0.3 is 0 Å². The lowest BCUT2D eigenvalue weighted by atomic mass is 10.1. The Kier molecular flexibility index (Phi) is 5.43. The molecule has 3 nitrogen and oxygen atoms in total. The first-order valence-electron chi connectivity index (χ1n) is 6.98. The van der Waals surface area contributed by atoms with E-state index in [0.717, 1.165) is 30.7 Å². The van der Waals surface area contributed by atoms with Crippen LogP contribution in [0.3, 0.4) is 0 Å². The first kappa shape index (κ1) is 15.3. The van der Waals surface area contributed by atoms with Gasteiger partial charge in [-0.2, -0.15) is 11.8 Å². The fraction of sp³-hybridized carbons (Fsp3) is 0.533. The standard InChI is InChI=1S/C15H21FN2OS/c1-3-4-13-15(19)18(9-10-20-2)14(17-13)11-5-7-12(16)8-6-11/h5-8,13-14,17H,3-4,9-10H2,1-2H3. The predicted octanol–water partition coefficient (Wildman–Crippen LogP) is 2.79. The molecule has 1 aromatic rings. The molecule has 2 unspecified atom stereocenters. The van der Waals surface area contributed by atoms with Gasteiger partial charge in [-0.1, -0.05) is 25.5 Å².